The maximum absolute atomic E-state index is 13.5. The number of carbonyl (C=O) groups is 1. The minimum atomic E-state index is -0.230. The van der Waals surface area contributed by atoms with Gasteiger partial charge < -0.3 is 4.90 Å². The van der Waals surface area contributed by atoms with Crippen LogP contribution in [-0.2, 0) is 13.5 Å². The van der Waals surface area contributed by atoms with Gasteiger partial charge in [-0.2, -0.15) is 5.10 Å². The Morgan fingerprint density at radius 2 is 2.12 bits per heavy atom. The van der Waals surface area contributed by atoms with E-state index in [1.807, 2.05) is 32.0 Å². The van der Waals surface area contributed by atoms with Crippen LogP contribution in [0, 0.1) is 5.82 Å². The summed E-state index contributed by atoms with van der Waals surface area (Å²) in [5.74, 6) is -0.265. The minimum absolute atomic E-state index is 0.00394. The lowest BCUT2D eigenvalue weighted by molar-refractivity contribution is 0.0585. The second-order valence-corrected chi connectivity index (χ2v) is 7.75. The van der Waals surface area contributed by atoms with E-state index in [2.05, 4.69) is 10.1 Å². The quantitative estimate of drug-likeness (QED) is 0.689. The number of thiazole rings is 1. The maximum atomic E-state index is 13.5. The SMILES string of the molecule is C[C@H]1Cc2cc(F)ccc2[C@H](C)N1C(=O)c1cnc(-c2cnn(C)c2)s1. The normalized spacial score (nSPS) is 19.5. The van der Waals surface area contributed by atoms with Crippen molar-refractivity contribution in [2.75, 3.05) is 0 Å². The number of aryl methyl sites for hydroxylation is 1. The summed E-state index contributed by atoms with van der Waals surface area (Å²) in [6, 6.07) is 4.72. The Hall–Kier alpha value is -2.54. The van der Waals surface area contributed by atoms with Crippen LogP contribution in [0.2, 0.25) is 0 Å². The molecule has 0 saturated carbocycles. The van der Waals surface area contributed by atoms with Crippen LogP contribution >= 0.6 is 11.3 Å². The van der Waals surface area contributed by atoms with Crippen molar-refractivity contribution in [2.24, 2.45) is 7.05 Å². The molecule has 2 aromatic heterocycles. The van der Waals surface area contributed by atoms with Crippen LogP contribution in [0.4, 0.5) is 4.39 Å². The number of fused-ring (bicyclic) bond motifs is 1. The van der Waals surface area contributed by atoms with Crippen molar-refractivity contribution < 1.29 is 9.18 Å². The van der Waals surface area contributed by atoms with Crippen molar-refractivity contribution >= 4 is 17.2 Å². The van der Waals surface area contributed by atoms with Gasteiger partial charge in [0.1, 0.15) is 15.7 Å². The maximum Gasteiger partial charge on any atom is 0.266 e. The first-order chi connectivity index (χ1) is 12.4. The summed E-state index contributed by atoms with van der Waals surface area (Å²) in [5, 5.41) is 4.93. The summed E-state index contributed by atoms with van der Waals surface area (Å²) >= 11 is 1.37. The van der Waals surface area contributed by atoms with Crippen LogP contribution in [0.15, 0.2) is 36.8 Å². The molecular weight excluding hydrogens is 351 g/mol. The van der Waals surface area contributed by atoms with E-state index in [1.165, 1.54) is 17.4 Å². The van der Waals surface area contributed by atoms with Crippen LogP contribution in [-0.4, -0.2) is 31.6 Å². The first-order valence-electron chi connectivity index (χ1n) is 8.50. The number of benzene rings is 1. The fraction of sp³-hybridized carbons (Fsp3) is 0.316. The summed E-state index contributed by atoms with van der Waals surface area (Å²) in [6.45, 7) is 4.00. The Labute approximate surface area is 155 Å². The molecule has 0 aliphatic carbocycles. The van der Waals surface area contributed by atoms with Crippen LogP contribution in [0.25, 0.3) is 10.6 Å². The molecule has 0 saturated heterocycles. The van der Waals surface area contributed by atoms with Gasteiger partial charge in [0.15, 0.2) is 0 Å². The van der Waals surface area contributed by atoms with Crippen LogP contribution in [0.5, 0.6) is 0 Å². The highest BCUT2D eigenvalue weighted by Gasteiger charge is 2.34. The molecule has 0 radical (unpaired) electrons. The number of halogens is 1. The molecule has 2 atom stereocenters. The van der Waals surface area contributed by atoms with Crippen molar-refractivity contribution in [2.45, 2.75) is 32.4 Å². The van der Waals surface area contributed by atoms with Gasteiger partial charge >= 0.3 is 0 Å². The molecule has 3 heterocycles. The second-order valence-electron chi connectivity index (χ2n) is 6.72. The minimum Gasteiger partial charge on any atom is -0.328 e. The topological polar surface area (TPSA) is 51.0 Å². The highest BCUT2D eigenvalue weighted by atomic mass is 32.1. The average molecular weight is 370 g/mol. The molecule has 0 bridgehead atoms. The lowest BCUT2D eigenvalue weighted by Gasteiger charge is -2.40. The highest BCUT2D eigenvalue weighted by Crippen LogP contribution is 2.35. The number of hydrogen-bond acceptors (Lipinski definition) is 4. The predicted octanol–water partition coefficient (Wildman–Crippen LogP) is 3.83. The molecule has 26 heavy (non-hydrogen) atoms. The largest absolute Gasteiger partial charge is 0.328 e. The third-order valence-corrected chi connectivity index (χ3v) is 5.90. The molecule has 1 amide bonds. The molecule has 7 heteroatoms. The van der Waals surface area contributed by atoms with Gasteiger partial charge in [-0.05, 0) is 43.5 Å². The molecule has 0 spiro atoms. The highest BCUT2D eigenvalue weighted by molar-refractivity contribution is 7.16. The lowest BCUT2D eigenvalue weighted by Crippen LogP contribution is -2.44. The Kier molecular flexibility index (Phi) is 4.11. The van der Waals surface area contributed by atoms with Crippen molar-refractivity contribution in [3.63, 3.8) is 0 Å². The fourth-order valence-electron chi connectivity index (χ4n) is 3.65. The Morgan fingerprint density at radius 1 is 1.31 bits per heavy atom. The summed E-state index contributed by atoms with van der Waals surface area (Å²) in [4.78, 5) is 20.0. The van der Waals surface area contributed by atoms with Crippen molar-refractivity contribution in [1.82, 2.24) is 19.7 Å². The number of aromatic nitrogens is 3. The zero-order chi connectivity index (χ0) is 18.4. The van der Waals surface area contributed by atoms with Gasteiger partial charge in [0, 0.05) is 24.8 Å². The lowest BCUT2D eigenvalue weighted by atomic mass is 9.89. The van der Waals surface area contributed by atoms with E-state index in [1.54, 1.807) is 29.2 Å². The molecule has 1 aliphatic rings. The molecule has 3 aromatic rings. The molecule has 0 N–H and O–H groups in total. The summed E-state index contributed by atoms with van der Waals surface area (Å²) < 4.78 is 15.3. The van der Waals surface area contributed by atoms with Crippen molar-refractivity contribution in [3.05, 3.63) is 58.6 Å². The first kappa shape index (κ1) is 16.9. The molecule has 1 aromatic carbocycles. The van der Waals surface area contributed by atoms with Gasteiger partial charge in [0.25, 0.3) is 5.91 Å². The third kappa shape index (κ3) is 2.82. The number of nitrogens with zero attached hydrogens (tertiary/aromatic N) is 4. The number of hydrogen-bond donors (Lipinski definition) is 0. The zero-order valence-corrected chi connectivity index (χ0v) is 15.6. The van der Waals surface area contributed by atoms with Gasteiger partial charge in [0.05, 0.1) is 18.4 Å². The smallest absolute Gasteiger partial charge is 0.266 e. The van der Waals surface area contributed by atoms with E-state index in [0.29, 0.717) is 11.3 Å². The predicted molar refractivity (Wildman–Crippen MR) is 98.5 cm³/mol. The van der Waals surface area contributed by atoms with Gasteiger partial charge in [-0.15, -0.1) is 11.3 Å². The molecule has 4 rings (SSSR count). The van der Waals surface area contributed by atoms with E-state index in [0.717, 1.165) is 21.7 Å². The van der Waals surface area contributed by atoms with E-state index >= 15 is 0 Å². The van der Waals surface area contributed by atoms with Gasteiger partial charge in [0.2, 0.25) is 0 Å². The number of amides is 1. The second kappa shape index (κ2) is 6.32. The summed E-state index contributed by atoms with van der Waals surface area (Å²) in [7, 11) is 1.85. The van der Waals surface area contributed by atoms with Crippen molar-refractivity contribution in [1.29, 1.82) is 0 Å². The number of rotatable bonds is 2. The third-order valence-electron chi connectivity index (χ3n) is 4.87. The van der Waals surface area contributed by atoms with Crippen LogP contribution < -0.4 is 0 Å². The Bertz CT molecular complexity index is 980. The fourth-order valence-corrected chi connectivity index (χ4v) is 4.48. The molecule has 1 aliphatic heterocycles. The Morgan fingerprint density at radius 3 is 2.85 bits per heavy atom. The van der Waals surface area contributed by atoms with Gasteiger partial charge in [-0.25, -0.2) is 9.37 Å². The first-order valence-corrected chi connectivity index (χ1v) is 9.31. The molecule has 0 fully saturated rings. The van der Waals surface area contributed by atoms with E-state index < -0.39 is 0 Å². The summed E-state index contributed by atoms with van der Waals surface area (Å²) in [5.41, 5.74) is 2.89. The van der Waals surface area contributed by atoms with Gasteiger partial charge in [-0.3, -0.25) is 9.48 Å². The average Bonchev–Trinajstić information content (AvgIpc) is 3.23. The monoisotopic (exact) mass is 370 g/mol. The Balaban J connectivity index is 1.64. The molecule has 0 unspecified atom stereocenters. The van der Waals surface area contributed by atoms with E-state index in [4.69, 9.17) is 0 Å². The zero-order valence-electron chi connectivity index (χ0n) is 14.8. The molecular formula is C19H19FN4OS. The van der Waals surface area contributed by atoms with Crippen molar-refractivity contribution in [3.8, 4) is 10.6 Å². The number of carbonyl (C=O) groups excluding carboxylic acids is 1. The van der Waals surface area contributed by atoms with Gasteiger partial charge in [-0.1, -0.05) is 6.07 Å². The molecule has 134 valence electrons. The standard InChI is InChI=1S/C19H19FN4OS/c1-11-6-13-7-15(20)4-5-16(13)12(2)24(11)19(25)17-9-21-18(26-17)14-8-22-23(3)10-14/h4-5,7-12H,6H2,1-3H3/t11-,12-/m0/s1. The van der Waals surface area contributed by atoms with E-state index in [-0.39, 0.29) is 23.8 Å². The van der Waals surface area contributed by atoms with E-state index in [9.17, 15) is 9.18 Å². The van der Waals surface area contributed by atoms with Crippen LogP contribution in [0.1, 0.15) is 40.7 Å². The molecule has 5 nitrogen and oxygen atoms in total. The van der Waals surface area contributed by atoms with Crippen LogP contribution in [0.3, 0.4) is 0 Å². The summed E-state index contributed by atoms with van der Waals surface area (Å²) in [6.07, 6.45) is 5.90.